The Balaban J connectivity index is 2.96. The van der Waals surface area contributed by atoms with E-state index in [1.54, 1.807) is 0 Å². The molecule has 0 aliphatic heterocycles. The van der Waals surface area contributed by atoms with E-state index in [4.69, 9.17) is 0 Å². The topological polar surface area (TPSA) is 58.2 Å². The van der Waals surface area contributed by atoms with Gasteiger partial charge in [-0.15, -0.1) is 0 Å². The first kappa shape index (κ1) is 17.8. The van der Waals surface area contributed by atoms with Crippen molar-refractivity contribution in [3.05, 3.63) is 28.2 Å². The Labute approximate surface area is 133 Å². The standard InChI is InChI=1S/C12H12BrF3N2O2S/c1-6(19)17-10(5-21)11(20)18-9-4-7(12(14,15)16)2-3-8(9)13/h2-4,10,21H,5H2,1H3,(H,17,19)(H,18,20). The van der Waals surface area contributed by atoms with Gasteiger partial charge in [0.05, 0.1) is 11.3 Å². The second-order valence-corrected chi connectivity index (χ2v) is 5.34. The Morgan fingerprint density at radius 2 is 2.00 bits per heavy atom. The summed E-state index contributed by atoms with van der Waals surface area (Å²) in [7, 11) is 0. The third-order valence-electron chi connectivity index (χ3n) is 2.43. The molecule has 0 saturated heterocycles. The number of benzene rings is 1. The van der Waals surface area contributed by atoms with Crippen LogP contribution in [0.4, 0.5) is 18.9 Å². The molecule has 1 atom stereocenters. The summed E-state index contributed by atoms with van der Waals surface area (Å²) in [5, 5.41) is 4.68. The van der Waals surface area contributed by atoms with Crippen molar-refractivity contribution in [2.75, 3.05) is 11.1 Å². The summed E-state index contributed by atoms with van der Waals surface area (Å²) in [5.41, 5.74) is -0.921. The highest BCUT2D eigenvalue weighted by molar-refractivity contribution is 9.10. The van der Waals surface area contributed by atoms with Gasteiger partial charge in [-0.05, 0) is 34.1 Å². The number of hydrogen-bond donors (Lipinski definition) is 3. The molecule has 1 unspecified atom stereocenters. The van der Waals surface area contributed by atoms with Crippen LogP contribution < -0.4 is 10.6 Å². The summed E-state index contributed by atoms with van der Waals surface area (Å²) in [4.78, 5) is 22.9. The van der Waals surface area contributed by atoms with Crippen LogP contribution in [0.5, 0.6) is 0 Å². The van der Waals surface area contributed by atoms with Crippen LogP contribution >= 0.6 is 28.6 Å². The second kappa shape index (κ2) is 7.17. The Bertz CT molecular complexity index is 552. The van der Waals surface area contributed by atoms with Crippen LogP contribution in [0.1, 0.15) is 12.5 Å². The Morgan fingerprint density at radius 3 is 2.48 bits per heavy atom. The van der Waals surface area contributed by atoms with Crippen molar-refractivity contribution in [1.82, 2.24) is 5.32 Å². The molecule has 9 heteroatoms. The van der Waals surface area contributed by atoms with E-state index in [9.17, 15) is 22.8 Å². The summed E-state index contributed by atoms with van der Waals surface area (Å²) >= 11 is 6.98. The fourth-order valence-corrected chi connectivity index (χ4v) is 2.06. The molecule has 2 amide bonds. The summed E-state index contributed by atoms with van der Waals surface area (Å²) in [5.74, 6) is -1.07. The van der Waals surface area contributed by atoms with E-state index >= 15 is 0 Å². The normalized spacial score (nSPS) is 12.7. The van der Waals surface area contributed by atoms with E-state index in [-0.39, 0.29) is 11.4 Å². The van der Waals surface area contributed by atoms with Crippen molar-refractivity contribution in [2.24, 2.45) is 0 Å². The van der Waals surface area contributed by atoms with Crippen molar-refractivity contribution in [2.45, 2.75) is 19.1 Å². The lowest BCUT2D eigenvalue weighted by molar-refractivity contribution is -0.137. The molecule has 116 valence electrons. The first-order chi connectivity index (χ1) is 9.65. The van der Waals surface area contributed by atoms with Crippen molar-refractivity contribution >= 4 is 46.1 Å². The minimum atomic E-state index is -4.51. The second-order valence-electron chi connectivity index (χ2n) is 4.12. The first-order valence-electron chi connectivity index (χ1n) is 5.70. The highest BCUT2D eigenvalue weighted by Gasteiger charge is 2.31. The highest BCUT2D eigenvalue weighted by atomic mass is 79.9. The van der Waals surface area contributed by atoms with Crippen molar-refractivity contribution in [3.63, 3.8) is 0 Å². The number of thiol groups is 1. The van der Waals surface area contributed by atoms with Crippen LogP contribution in [0.3, 0.4) is 0 Å². The van der Waals surface area contributed by atoms with Gasteiger partial charge in [0, 0.05) is 17.1 Å². The molecule has 1 aromatic carbocycles. The predicted molar refractivity (Wildman–Crippen MR) is 79.2 cm³/mol. The summed E-state index contributed by atoms with van der Waals surface area (Å²) < 4.78 is 38.2. The molecule has 0 aromatic heterocycles. The van der Waals surface area contributed by atoms with Crippen LogP contribution in [0.25, 0.3) is 0 Å². The van der Waals surface area contributed by atoms with Gasteiger partial charge in [-0.1, -0.05) is 0 Å². The monoisotopic (exact) mass is 384 g/mol. The zero-order chi connectivity index (χ0) is 16.2. The van der Waals surface area contributed by atoms with Crippen LogP contribution in [0.2, 0.25) is 0 Å². The number of hydrogen-bond acceptors (Lipinski definition) is 3. The lowest BCUT2D eigenvalue weighted by Crippen LogP contribution is -2.44. The predicted octanol–water partition coefficient (Wildman–Crippen LogP) is 2.84. The lowest BCUT2D eigenvalue weighted by Gasteiger charge is -2.17. The van der Waals surface area contributed by atoms with Crippen molar-refractivity contribution in [1.29, 1.82) is 0 Å². The van der Waals surface area contributed by atoms with E-state index in [1.165, 1.54) is 13.0 Å². The number of amides is 2. The van der Waals surface area contributed by atoms with Gasteiger partial charge in [-0.3, -0.25) is 9.59 Å². The van der Waals surface area contributed by atoms with Gasteiger partial charge >= 0.3 is 6.18 Å². The Kier molecular flexibility index (Phi) is 6.09. The summed E-state index contributed by atoms with van der Waals surface area (Å²) in [6.07, 6.45) is -4.51. The molecule has 4 nitrogen and oxygen atoms in total. The van der Waals surface area contributed by atoms with Crippen LogP contribution in [0, 0.1) is 0 Å². The van der Waals surface area contributed by atoms with Gasteiger partial charge in [0.15, 0.2) is 0 Å². The molecule has 0 aliphatic carbocycles. The third kappa shape index (κ3) is 5.24. The minimum Gasteiger partial charge on any atom is -0.344 e. The SMILES string of the molecule is CC(=O)NC(CS)C(=O)Nc1cc(C(F)(F)F)ccc1Br. The maximum Gasteiger partial charge on any atom is 0.416 e. The maximum atomic E-state index is 12.6. The number of rotatable bonds is 4. The molecule has 1 rings (SSSR count). The van der Waals surface area contributed by atoms with Crippen molar-refractivity contribution in [3.8, 4) is 0 Å². The van der Waals surface area contributed by atoms with Crippen LogP contribution in [-0.4, -0.2) is 23.6 Å². The lowest BCUT2D eigenvalue weighted by atomic mass is 10.2. The molecule has 0 fully saturated rings. The Morgan fingerprint density at radius 1 is 1.38 bits per heavy atom. The van der Waals surface area contributed by atoms with Crippen LogP contribution in [-0.2, 0) is 15.8 Å². The fourth-order valence-electron chi connectivity index (χ4n) is 1.46. The molecular weight excluding hydrogens is 373 g/mol. The quantitative estimate of drug-likeness (QED) is 0.699. The number of alkyl halides is 3. The molecule has 0 spiro atoms. The van der Waals surface area contributed by atoms with E-state index in [1.807, 2.05) is 0 Å². The zero-order valence-corrected chi connectivity index (χ0v) is 13.3. The van der Waals surface area contributed by atoms with Gasteiger partial charge in [-0.25, -0.2) is 0 Å². The largest absolute Gasteiger partial charge is 0.416 e. The number of nitrogens with one attached hydrogen (secondary N) is 2. The molecule has 0 saturated carbocycles. The average molecular weight is 385 g/mol. The zero-order valence-electron chi connectivity index (χ0n) is 10.8. The molecule has 1 aromatic rings. The van der Waals surface area contributed by atoms with Gasteiger partial charge in [0.25, 0.3) is 0 Å². The van der Waals surface area contributed by atoms with E-state index in [0.29, 0.717) is 4.47 Å². The van der Waals surface area contributed by atoms with Crippen molar-refractivity contribution < 1.29 is 22.8 Å². The third-order valence-corrected chi connectivity index (χ3v) is 3.48. The molecule has 0 aliphatic rings. The molecule has 21 heavy (non-hydrogen) atoms. The van der Waals surface area contributed by atoms with Crippen LogP contribution in [0.15, 0.2) is 22.7 Å². The van der Waals surface area contributed by atoms with E-state index in [0.717, 1.165) is 12.1 Å². The van der Waals surface area contributed by atoms with Gasteiger partial charge in [-0.2, -0.15) is 25.8 Å². The molecule has 0 bridgehead atoms. The Hall–Kier alpha value is -1.22. The number of carbonyl (C=O) groups is 2. The average Bonchev–Trinajstić information content (AvgIpc) is 2.36. The van der Waals surface area contributed by atoms with E-state index in [2.05, 4.69) is 39.2 Å². The molecule has 2 N–H and O–H groups in total. The molecule has 0 heterocycles. The first-order valence-corrected chi connectivity index (χ1v) is 7.13. The minimum absolute atomic E-state index is 0.0159. The summed E-state index contributed by atoms with van der Waals surface area (Å²) in [6.45, 7) is 1.23. The summed E-state index contributed by atoms with van der Waals surface area (Å²) in [6, 6.07) is 1.95. The highest BCUT2D eigenvalue weighted by Crippen LogP contribution is 2.33. The number of anilines is 1. The number of halogens is 4. The smallest absolute Gasteiger partial charge is 0.344 e. The van der Waals surface area contributed by atoms with Gasteiger partial charge < -0.3 is 10.6 Å². The molecular formula is C12H12BrF3N2O2S. The maximum absolute atomic E-state index is 12.6. The number of carbonyl (C=O) groups excluding carboxylic acids is 2. The van der Waals surface area contributed by atoms with Gasteiger partial charge in [0.2, 0.25) is 11.8 Å². The fraction of sp³-hybridized carbons (Fsp3) is 0.333. The molecule has 0 radical (unpaired) electrons. The van der Waals surface area contributed by atoms with E-state index < -0.39 is 29.6 Å². The van der Waals surface area contributed by atoms with Gasteiger partial charge in [0.1, 0.15) is 6.04 Å².